The van der Waals surface area contributed by atoms with Gasteiger partial charge in [0, 0.05) is 18.1 Å². The number of rotatable bonds is 6. The summed E-state index contributed by atoms with van der Waals surface area (Å²) in [5.74, 6) is 0.0181. The van der Waals surface area contributed by atoms with E-state index < -0.39 is 10.0 Å². The summed E-state index contributed by atoms with van der Waals surface area (Å²) in [6.45, 7) is 8.59. The molecule has 3 N–H and O–H groups in total. The van der Waals surface area contributed by atoms with Crippen LogP contribution in [0.2, 0.25) is 0 Å². The van der Waals surface area contributed by atoms with Gasteiger partial charge in [-0.1, -0.05) is 45.0 Å². The Morgan fingerprint density at radius 3 is 2.12 bits per heavy atom. The molecule has 3 aromatic rings. The molecule has 0 aliphatic heterocycles. The van der Waals surface area contributed by atoms with Crippen molar-refractivity contribution in [2.24, 2.45) is 0 Å². The van der Waals surface area contributed by atoms with E-state index in [2.05, 4.69) is 70.4 Å². The van der Waals surface area contributed by atoms with E-state index in [1.54, 1.807) is 18.2 Å². The first-order valence-electron chi connectivity index (χ1n) is 10.1. The van der Waals surface area contributed by atoms with Crippen LogP contribution in [-0.2, 0) is 15.4 Å². The first-order valence-corrected chi connectivity index (χ1v) is 12.0. The summed E-state index contributed by atoms with van der Waals surface area (Å²) in [4.78, 5) is 7.85. The highest BCUT2D eigenvalue weighted by molar-refractivity contribution is 7.92. The lowest BCUT2D eigenvalue weighted by molar-refractivity contribution is 0.589. The fraction of sp³-hybridized carbons (Fsp3) is 0.261. The molecule has 32 heavy (non-hydrogen) atoms. The van der Waals surface area contributed by atoms with E-state index in [0.29, 0.717) is 10.8 Å². The van der Waals surface area contributed by atoms with Crippen LogP contribution in [0.1, 0.15) is 44.9 Å². The SMILES string of the molecule is CC(NC(=S)Nc1ccc(S(=O)(=O)Nc2ncccn2)cc1)c1ccc(C(C)(C)C)cc1. The normalized spacial score (nSPS) is 12.6. The zero-order chi connectivity index (χ0) is 23.4. The maximum atomic E-state index is 12.5. The van der Waals surface area contributed by atoms with E-state index in [9.17, 15) is 8.42 Å². The van der Waals surface area contributed by atoms with Crippen LogP contribution in [0.5, 0.6) is 0 Å². The lowest BCUT2D eigenvalue weighted by atomic mass is 9.86. The van der Waals surface area contributed by atoms with Crippen LogP contribution in [0, 0.1) is 0 Å². The molecule has 0 fully saturated rings. The predicted octanol–water partition coefficient (Wildman–Crippen LogP) is 4.62. The van der Waals surface area contributed by atoms with Gasteiger partial charge in [-0.3, -0.25) is 0 Å². The van der Waals surface area contributed by atoms with Crippen molar-refractivity contribution < 1.29 is 8.42 Å². The maximum Gasteiger partial charge on any atom is 0.264 e. The van der Waals surface area contributed by atoms with Crippen LogP contribution in [-0.4, -0.2) is 23.5 Å². The van der Waals surface area contributed by atoms with Crippen LogP contribution in [0.25, 0.3) is 0 Å². The van der Waals surface area contributed by atoms with Gasteiger partial charge in [-0.2, -0.15) is 0 Å². The molecule has 0 saturated carbocycles. The van der Waals surface area contributed by atoms with Gasteiger partial charge in [-0.15, -0.1) is 0 Å². The Labute approximate surface area is 194 Å². The molecule has 0 amide bonds. The number of benzene rings is 2. The topological polar surface area (TPSA) is 96.0 Å². The molecule has 7 nitrogen and oxygen atoms in total. The van der Waals surface area contributed by atoms with Crippen molar-refractivity contribution in [1.29, 1.82) is 0 Å². The minimum Gasteiger partial charge on any atom is -0.356 e. The van der Waals surface area contributed by atoms with Crippen molar-refractivity contribution in [1.82, 2.24) is 15.3 Å². The number of nitrogens with zero attached hydrogens (tertiary/aromatic N) is 2. The van der Waals surface area contributed by atoms with Gasteiger partial charge in [-0.25, -0.2) is 23.1 Å². The highest BCUT2D eigenvalue weighted by Gasteiger charge is 2.16. The first-order chi connectivity index (χ1) is 15.0. The predicted molar refractivity (Wildman–Crippen MR) is 132 cm³/mol. The number of nitrogens with one attached hydrogen (secondary N) is 3. The molecule has 0 radical (unpaired) electrons. The van der Waals surface area contributed by atoms with Gasteiger partial charge in [0.2, 0.25) is 5.95 Å². The summed E-state index contributed by atoms with van der Waals surface area (Å²) in [7, 11) is -3.78. The number of aromatic nitrogens is 2. The van der Waals surface area contributed by atoms with Gasteiger partial charge in [0.1, 0.15) is 0 Å². The second-order valence-electron chi connectivity index (χ2n) is 8.39. The summed E-state index contributed by atoms with van der Waals surface area (Å²) >= 11 is 5.42. The van der Waals surface area contributed by atoms with E-state index in [1.807, 2.05) is 6.92 Å². The molecule has 3 rings (SSSR count). The molecule has 1 heterocycles. The van der Waals surface area contributed by atoms with Crippen LogP contribution in [0.4, 0.5) is 11.6 Å². The maximum absolute atomic E-state index is 12.5. The van der Waals surface area contributed by atoms with Gasteiger partial charge in [-0.05, 0) is 66.0 Å². The molecule has 0 saturated heterocycles. The Hall–Kier alpha value is -3.04. The van der Waals surface area contributed by atoms with Crippen molar-refractivity contribution in [3.8, 4) is 0 Å². The molecular formula is C23H27N5O2S2. The summed E-state index contributed by atoms with van der Waals surface area (Å²) in [5, 5.41) is 6.79. The number of hydrogen-bond donors (Lipinski definition) is 3. The molecule has 0 bridgehead atoms. The second kappa shape index (κ2) is 9.62. The highest BCUT2D eigenvalue weighted by Crippen LogP contribution is 2.24. The van der Waals surface area contributed by atoms with Crippen molar-refractivity contribution in [3.63, 3.8) is 0 Å². The van der Waals surface area contributed by atoms with E-state index >= 15 is 0 Å². The smallest absolute Gasteiger partial charge is 0.264 e. The monoisotopic (exact) mass is 469 g/mol. The molecule has 168 valence electrons. The van der Waals surface area contributed by atoms with E-state index in [-0.39, 0.29) is 22.3 Å². The van der Waals surface area contributed by atoms with Crippen molar-refractivity contribution in [2.45, 2.75) is 44.0 Å². The summed E-state index contributed by atoms with van der Waals surface area (Å²) in [5.41, 5.74) is 3.18. The number of thiocarbonyl (C=S) groups is 1. The summed E-state index contributed by atoms with van der Waals surface area (Å²) in [6, 6.07) is 16.4. The number of hydrogen-bond acceptors (Lipinski definition) is 5. The number of anilines is 2. The third kappa shape index (κ3) is 6.24. The van der Waals surface area contributed by atoms with E-state index in [4.69, 9.17) is 12.2 Å². The van der Waals surface area contributed by atoms with Crippen LogP contribution < -0.4 is 15.4 Å². The lowest BCUT2D eigenvalue weighted by Crippen LogP contribution is -2.31. The van der Waals surface area contributed by atoms with Crippen molar-refractivity contribution in [2.75, 3.05) is 10.0 Å². The van der Waals surface area contributed by atoms with Crippen molar-refractivity contribution >= 4 is 39.0 Å². The molecule has 2 aromatic carbocycles. The van der Waals surface area contributed by atoms with Gasteiger partial charge in [0.15, 0.2) is 5.11 Å². The van der Waals surface area contributed by atoms with Crippen molar-refractivity contribution in [3.05, 3.63) is 78.1 Å². The minimum absolute atomic E-state index is 0.0127. The Kier molecular flexibility index (Phi) is 7.10. The fourth-order valence-electron chi connectivity index (χ4n) is 2.97. The average Bonchev–Trinajstić information content (AvgIpc) is 2.74. The Morgan fingerprint density at radius 1 is 0.969 bits per heavy atom. The molecule has 1 unspecified atom stereocenters. The molecule has 0 aliphatic carbocycles. The Morgan fingerprint density at radius 2 is 1.56 bits per heavy atom. The molecule has 1 aromatic heterocycles. The third-order valence-corrected chi connectivity index (χ3v) is 6.40. The van der Waals surface area contributed by atoms with Gasteiger partial charge in [0.05, 0.1) is 10.9 Å². The number of sulfonamides is 1. The zero-order valence-electron chi connectivity index (χ0n) is 18.5. The average molecular weight is 470 g/mol. The third-order valence-electron chi connectivity index (χ3n) is 4.84. The molecular weight excluding hydrogens is 442 g/mol. The van der Waals surface area contributed by atoms with Crippen LogP contribution in [0.3, 0.4) is 0 Å². The minimum atomic E-state index is -3.78. The van der Waals surface area contributed by atoms with Gasteiger partial charge < -0.3 is 10.6 Å². The van der Waals surface area contributed by atoms with Crippen LogP contribution >= 0.6 is 12.2 Å². The molecule has 1 atom stereocenters. The van der Waals surface area contributed by atoms with E-state index in [0.717, 1.165) is 5.56 Å². The quantitative estimate of drug-likeness (QED) is 0.453. The fourth-order valence-corrected chi connectivity index (χ4v) is 4.22. The molecule has 0 spiro atoms. The first kappa shape index (κ1) is 23.6. The molecule has 9 heteroatoms. The zero-order valence-corrected chi connectivity index (χ0v) is 20.1. The summed E-state index contributed by atoms with van der Waals surface area (Å²) in [6.07, 6.45) is 2.93. The van der Waals surface area contributed by atoms with Gasteiger partial charge in [0.25, 0.3) is 10.0 Å². The second-order valence-corrected chi connectivity index (χ2v) is 10.5. The van der Waals surface area contributed by atoms with Gasteiger partial charge >= 0.3 is 0 Å². The summed E-state index contributed by atoms with van der Waals surface area (Å²) < 4.78 is 27.3. The largest absolute Gasteiger partial charge is 0.356 e. The van der Waals surface area contributed by atoms with Crippen LogP contribution in [0.15, 0.2) is 71.9 Å². The Balaban J connectivity index is 1.59. The Bertz CT molecular complexity index is 1160. The standard InChI is InChI=1S/C23H27N5O2S2/c1-16(17-6-8-18(9-7-17)23(2,3)4)26-22(31)27-19-10-12-20(13-11-19)32(29,30)28-21-24-14-5-15-25-21/h5-16H,1-4H3,(H,24,25,28)(H2,26,27,31). The highest BCUT2D eigenvalue weighted by atomic mass is 32.2. The van der Waals surface area contributed by atoms with E-state index in [1.165, 1.54) is 30.1 Å². The molecule has 0 aliphatic rings. The lowest BCUT2D eigenvalue weighted by Gasteiger charge is -2.21.